The summed E-state index contributed by atoms with van der Waals surface area (Å²) < 4.78 is 16.3. The van der Waals surface area contributed by atoms with E-state index in [2.05, 4.69) is 15.5 Å². The standard InChI is InChI=1S/C16H13N3O4S/c20-16(12-9-21-10-4-1-2-5-11(10)22-12)17-8-14-18-15(19-23-14)13-6-3-7-24-13/h1-7,12H,8-9H2,(H,17,20)/t12-/m0/s1. The van der Waals surface area contributed by atoms with Crippen molar-refractivity contribution in [1.82, 2.24) is 15.5 Å². The molecule has 1 aromatic carbocycles. The van der Waals surface area contributed by atoms with Crippen molar-refractivity contribution in [3.63, 3.8) is 0 Å². The van der Waals surface area contributed by atoms with Crippen molar-refractivity contribution in [2.75, 3.05) is 6.61 Å². The quantitative estimate of drug-likeness (QED) is 0.782. The van der Waals surface area contributed by atoms with E-state index in [1.165, 1.54) is 11.3 Å². The number of para-hydroxylation sites is 2. The molecular weight excluding hydrogens is 330 g/mol. The van der Waals surface area contributed by atoms with Gasteiger partial charge in [0, 0.05) is 0 Å². The Morgan fingerprint density at radius 1 is 1.25 bits per heavy atom. The second kappa shape index (κ2) is 6.32. The summed E-state index contributed by atoms with van der Waals surface area (Å²) >= 11 is 1.52. The fourth-order valence-electron chi connectivity index (χ4n) is 2.26. The first-order valence-corrected chi connectivity index (χ1v) is 8.20. The lowest BCUT2D eigenvalue weighted by molar-refractivity contribution is -0.130. The molecule has 122 valence electrons. The Morgan fingerprint density at radius 3 is 2.96 bits per heavy atom. The summed E-state index contributed by atoms with van der Waals surface area (Å²) in [6.07, 6.45) is -0.709. The monoisotopic (exact) mass is 343 g/mol. The van der Waals surface area contributed by atoms with E-state index in [1.807, 2.05) is 29.6 Å². The molecule has 7 nitrogen and oxygen atoms in total. The summed E-state index contributed by atoms with van der Waals surface area (Å²) in [5.74, 6) is 1.75. The minimum atomic E-state index is -0.709. The van der Waals surface area contributed by atoms with Crippen LogP contribution in [0.1, 0.15) is 5.89 Å². The van der Waals surface area contributed by atoms with Gasteiger partial charge in [0.05, 0.1) is 11.4 Å². The van der Waals surface area contributed by atoms with Gasteiger partial charge >= 0.3 is 0 Å². The minimum Gasteiger partial charge on any atom is -0.485 e. The summed E-state index contributed by atoms with van der Waals surface area (Å²) in [4.78, 5) is 17.4. The third-order valence-corrected chi connectivity index (χ3v) is 4.29. The van der Waals surface area contributed by atoms with Crippen LogP contribution >= 0.6 is 11.3 Å². The predicted octanol–water partition coefficient (Wildman–Crippen LogP) is 2.25. The number of ether oxygens (including phenoxy) is 2. The molecule has 0 bridgehead atoms. The number of rotatable bonds is 4. The number of hydrogen-bond acceptors (Lipinski definition) is 7. The summed E-state index contributed by atoms with van der Waals surface area (Å²) in [5.41, 5.74) is 0. The highest BCUT2D eigenvalue weighted by Gasteiger charge is 2.27. The van der Waals surface area contributed by atoms with Gasteiger partial charge in [0.2, 0.25) is 17.8 Å². The minimum absolute atomic E-state index is 0.138. The van der Waals surface area contributed by atoms with E-state index >= 15 is 0 Å². The zero-order valence-corrected chi connectivity index (χ0v) is 13.3. The molecule has 24 heavy (non-hydrogen) atoms. The molecule has 3 heterocycles. The number of fused-ring (bicyclic) bond motifs is 1. The molecule has 2 aromatic heterocycles. The van der Waals surface area contributed by atoms with Gasteiger partial charge in [-0.25, -0.2) is 0 Å². The van der Waals surface area contributed by atoms with Crippen LogP contribution in [0.4, 0.5) is 0 Å². The predicted molar refractivity (Wildman–Crippen MR) is 85.8 cm³/mol. The summed E-state index contributed by atoms with van der Waals surface area (Å²) in [7, 11) is 0. The molecule has 1 aliphatic heterocycles. The van der Waals surface area contributed by atoms with E-state index in [9.17, 15) is 4.79 Å². The van der Waals surface area contributed by atoms with Gasteiger partial charge in [-0.1, -0.05) is 23.4 Å². The summed E-state index contributed by atoms with van der Waals surface area (Å²) in [6, 6.07) is 11.1. The lowest BCUT2D eigenvalue weighted by atomic mass is 10.2. The molecular formula is C16H13N3O4S. The van der Waals surface area contributed by atoms with Crippen LogP contribution < -0.4 is 14.8 Å². The van der Waals surface area contributed by atoms with Crippen LogP contribution in [0.15, 0.2) is 46.3 Å². The number of aromatic nitrogens is 2. The van der Waals surface area contributed by atoms with Gasteiger partial charge in [0.25, 0.3) is 5.91 Å². The van der Waals surface area contributed by atoms with E-state index in [1.54, 1.807) is 12.1 Å². The molecule has 4 rings (SSSR count). The molecule has 8 heteroatoms. The SMILES string of the molecule is O=C(NCc1nc(-c2cccs2)no1)[C@@H]1COc2ccccc2O1. The van der Waals surface area contributed by atoms with Gasteiger partial charge in [0.1, 0.15) is 6.61 Å². The fourth-order valence-corrected chi connectivity index (χ4v) is 2.91. The highest BCUT2D eigenvalue weighted by Crippen LogP contribution is 2.30. The number of nitrogens with zero attached hydrogens (tertiary/aromatic N) is 2. The maximum Gasteiger partial charge on any atom is 0.265 e. The lowest BCUT2D eigenvalue weighted by Gasteiger charge is -2.25. The van der Waals surface area contributed by atoms with Crippen LogP contribution in [0.25, 0.3) is 10.7 Å². The van der Waals surface area contributed by atoms with Crippen molar-refractivity contribution in [3.05, 3.63) is 47.7 Å². The number of benzene rings is 1. The molecule has 1 aliphatic rings. The number of amides is 1. The van der Waals surface area contributed by atoms with Gasteiger partial charge in [-0.15, -0.1) is 11.3 Å². The van der Waals surface area contributed by atoms with Gasteiger partial charge < -0.3 is 19.3 Å². The second-order valence-electron chi connectivity index (χ2n) is 5.07. The normalized spacial score (nSPS) is 15.9. The van der Waals surface area contributed by atoms with Crippen molar-refractivity contribution in [3.8, 4) is 22.2 Å². The molecule has 0 saturated carbocycles. The summed E-state index contributed by atoms with van der Waals surface area (Å²) in [6.45, 7) is 0.297. The van der Waals surface area contributed by atoms with E-state index in [4.69, 9.17) is 14.0 Å². The number of thiophene rings is 1. The van der Waals surface area contributed by atoms with Gasteiger partial charge in [-0.2, -0.15) is 4.98 Å². The molecule has 1 atom stereocenters. The Kier molecular flexibility index (Phi) is 3.87. The highest BCUT2D eigenvalue weighted by molar-refractivity contribution is 7.13. The van der Waals surface area contributed by atoms with Crippen molar-refractivity contribution < 1.29 is 18.8 Å². The van der Waals surface area contributed by atoms with Gasteiger partial charge in [-0.05, 0) is 23.6 Å². The van der Waals surface area contributed by atoms with Crippen molar-refractivity contribution in [1.29, 1.82) is 0 Å². The number of hydrogen-bond donors (Lipinski definition) is 1. The van der Waals surface area contributed by atoms with E-state index in [-0.39, 0.29) is 19.1 Å². The Hall–Kier alpha value is -2.87. The molecule has 0 spiro atoms. The van der Waals surface area contributed by atoms with Crippen molar-refractivity contribution >= 4 is 17.2 Å². The molecule has 0 fully saturated rings. The Morgan fingerprint density at radius 2 is 2.12 bits per heavy atom. The summed E-state index contributed by atoms with van der Waals surface area (Å²) in [5, 5.41) is 8.55. The van der Waals surface area contributed by atoms with E-state index < -0.39 is 6.10 Å². The van der Waals surface area contributed by atoms with Crippen molar-refractivity contribution in [2.45, 2.75) is 12.6 Å². The van der Waals surface area contributed by atoms with Crippen LogP contribution in [0.5, 0.6) is 11.5 Å². The Balaban J connectivity index is 1.36. The molecule has 0 saturated heterocycles. The third-order valence-electron chi connectivity index (χ3n) is 3.42. The number of carbonyl (C=O) groups excluding carboxylic acids is 1. The third kappa shape index (κ3) is 2.95. The largest absolute Gasteiger partial charge is 0.485 e. The van der Waals surface area contributed by atoms with Gasteiger partial charge in [-0.3, -0.25) is 4.79 Å². The first-order valence-electron chi connectivity index (χ1n) is 7.32. The van der Waals surface area contributed by atoms with Crippen molar-refractivity contribution in [2.24, 2.45) is 0 Å². The molecule has 1 N–H and O–H groups in total. The Labute approximate surface area is 141 Å². The lowest BCUT2D eigenvalue weighted by Crippen LogP contribution is -2.43. The zero-order chi connectivity index (χ0) is 16.4. The first kappa shape index (κ1) is 14.7. The number of carbonyl (C=O) groups is 1. The maximum atomic E-state index is 12.2. The van der Waals surface area contributed by atoms with E-state index in [0.29, 0.717) is 23.2 Å². The fraction of sp³-hybridized carbons (Fsp3) is 0.188. The number of nitrogens with one attached hydrogen (secondary N) is 1. The molecule has 3 aromatic rings. The molecule has 0 radical (unpaired) electrons. The average molecular weight is 343 g/mol. The van der Waals surface area contributed by atoms with Crippen LogP contribution in [0.3, 0.4) is 0 Å². The van der Waals surface area contributed by atoms with Crippen LogP contribution in [-0.4, -0.2) is 28.8 Å². The topological polar surface area (TPSA) is 86.5 Å². The zero-order valence-electron chi connectivity index (χ0n) is 12.5. The molecule has 0 unspecified atom stereocenters. The Bertz CT molecular complexity index is 847. The van der Waals surface area contributed by atoms with Crippen LogP contribution in [0.2, 0.25) is 0 Å². The van der Waals surface area contributed by atoms with E-state index in [0.717, 1.165) is 4.88 Å². The van der Waals surface area contributed by atoms with Crippen LogP contribution in [0, 0.1) is 0 Å². The molecule has 0 aliphatic carbocycles. The molecule has 1 amide bonds. The second-order valence-corrected chi connectivity index (χ2v) is 6.02. The maximum absolute atomic E-state index is 12.2. The highest BCUT2D eigenvalue weighted by atomic mass is 32.1. The first-order chi connectivity index (χ1) is 11.8. The van der Waals surface area contributed by atoms with Crippen LogP contribution in [-0.2, 0) is 11.3 Å². The average Bonchev–Trinajstić information content (AvgIpc) is 3.30. The van der Waals surface area contributed by atoms with Gasteiger partial charge in [0.15, 0.2) is 11.5 Å². The smallest absolute Gasteiger partial charge is 0.265 e.